The Hall–Kier alpha value is -0.610. The number of carbonyl (C=O) groups is 1. The summed E-state index contributed by atoms with van der Waals surface area (Å²) in [5, 5.41) is 12.0. The van der Waals surface area contributed by atoms with Gasteiger partial charge in [0.1, 0.15) is 0 Å². The summed E-state index contributed by atoms with van der Waals surface area (Å²) in [5.74, 6) is 0.305. The first-order chi connectivity index (χ1) is 6.97. The van der Waals surface area contributed by atoms with E-state index in [1.54, 1.807) is 0 Å². The minimum atomic E-state index is -0.427. The highest BCUT2D eigenvalue weighted by atomic mass is 16.3. The lowest BCUT2D eigenvalue weighted by Crippen LogP contribution is -2.42. The van der Waals surface area contributed by atoms with Crippen molar-refractivity contribution < 1.29 is 9.90 Å². The Labute approximate surface area is 92.2 Å². The molecule has 15 heavy (non-hydrogen) atoms. The Morgan fingerprint density at radius 1 is 1.47 bits per heavy atom. The molecule has 0 spiro atoms. The molecular weight excluding hydrogens is 192 g/mol. The van der Waals surface area contributed by atoms with E-state index in [9.17, 15) is 9.90 Å². The third-order valence-corrected chi connectivity index (χ3v) is 2.31. The molecule has 4 nitrogen and oxygen atoms in total. The van der Waals surface area contributed by atoms with Gasteiger partial charge in [-0.3, -0.25) is 4.79 Å². The number of hydrogen-bond donors (Lipinski definition) is 3. The van der Waals surface area contributed by atoms with Crippen LogP contribution in [0.2, 0.25) is 0 Å². The van der Waals surface area contributed by atoms with E-state index in [4.69, 9.17) is 5.73 Å². The van der Waals surface area contributed by atoms with E-state index in [1.165, 1.54) is 0 Å². The summed E-state index contributed by atoms with van der Waals surface area (Å²) in [5.41, 5.74) is 5.69. The summed E-state index contributed by atoms with van der Waals surface area (Å²) < 4.78 is 0. The fraction of sp³-hybridized carbons (Fsp3) is 0.909. The van der Waals surface area contributed by atoms with Crippen LogP contribution < -0.4 is 11.1 Å². The van der Waals surface area contributed by atoms with Crippen LogP contribution in [-0.4, -0.2) is 29.7 Å². The quantitative estimate of drug-likeness (QED) is 0.584. The number of aliphatic hydroxyl groups is 1. The summed E-state index contributed by atoms with van der Waals surface area (Å²) >= 11 is 0. The van der Waals surface area contributed by atoms with Crippen molar-refractivity contribution in [3.8, 4) is 0 Å². The molecule has 0 aromatic carbocycles. The molecule has 0 aromatic heterocycles. The summed E-state index contributed by atoms with van der Waals surface area (Å²) in [4.78, 5) is 11.4. The summed E-state index contributed by atoms with van der Waals surface area (Å²) in [6, 6.07) is -0.427. The molecule has 0 radical (unpaired) electrons. The van der Waals surface area contributed by atoms with Crippen molar-refractivity contribution in [3.63, 3.8) is 0 Å². The van der Waals surface area contributed by atoms with Crippen LogP contribution in [0.25, 0.3) is 0 Å². The molecule has 0 aliphatic heterocycles. The van der Waals surface area contributed by atoms with Gasteiger partial charge in [-0.05, 0) is 25.2 Å². The fourth-order valence-corrected chi connectivity index (χ4v) is 1.31. The lowest BCUT2D eigenvalue weighted by Gasteiger charge is -2.15. The number of nitrogens with two attached hydrogens (primary N) is 1. The number of amides is 1. The first kappa shape index (κ1) is 14.4. The molecule has 0 bridgehead atoms. The van der Waals surface area contributed by atoms with Gasteiger partial charge < -0.3 is 16.2 Å². The van der Waals surface area contributed by atoms with Crippen LogP contribution in [0.1, 0.15) is 40.0 Å². The monoisotopic (exact) mass is 216 g/mol. The van der Waals surface area contributed by atoms with Crippen molar-refractivity contribution in [1.82, 2.24) is 5.32 Å². The molecule has 2 atom stereocenters. The van der Waals surface area contributed by atoms with Gasteiger partial charge in [0.15, 0.2) is 0 Å². The number of hydrogen-bond acceptors (Lipinski definition) is 3. The highest BCUT2D eigenvalue weighted by Gasteiger charge is 2.14. The molecule has 1 unspecified atom stereocenters. The van der Waals surface area contributed by atoms with E-state index in [0.717, 1.165) is 0 Å². The highest BCUT2D eigenvalue weighted by molar-refractivity contribution is 5.81. The average Bonchev–Trinajstić information content (AvgIpc) is 2.16. The number of nitrogens with one attached hydrogen (secondary N) is 1. The molecular formula is C11H24N2O2. The zero-order valence-electron chi connectivity index (χ0n) is 9.99. The van der Waals surface area contributed by atoms with Crippen molar-refractivity contribution in [3.05, 3.63) is 0 Å². The fourth-order valence-electron chi connectivity index (χ4n) is 1.31. The third-order valence-electron chi connectivity index (χ3n) is 2.31. The molecule has 0 rings (SSSR count). The molecule has 1 amide bonds. The maximum absolute atomic E-state index is 11.4. The van der Waals surface area contributed by atoms with Crippen molar-refractivity contribution in [2.45, 2.75) is 52.2 Å². The molecule has 0 aliphatic rings. The standard InChI is InChI=1S/C11H24N2O2/c1-4-9(14)5-6-13-11(15)10(12)7-8(2)3/h8-10,14H,4-7,12H2,1-3H3,(H,13,15)/t9?,10-/m0/s1. The molecule has 0 fully saturated rings. The van der Waals surface area contributed by atoms with E-state index >= 15 is 0 Å². The largest absolute Gasteiger partial charge is 0.393 e. The normalized spacial score (nSPS) is 15.1. The van der Waals surface area contributed by atoms with Crippen molar-refractivity contribution >= 4 is 5.91 Å². The van der Waals surface area contributed by atoms with Crippen LogP contribution in [0, 0.1) is 5.92 Å². The van der Waals surface area contributed by atoms with Gasteiger partial charge in [0.25, 0.3) is 0 Å². The molecule has 0 saturated carbocycles. The first-order valence-electron chi connectivity index (χ1n) is 5.68. The van der Waals surface area contributed by atoms with Gasteiger partial charge >= 0.3 is 0 Å². The van der Waals surface area contributed by atoms with Crippen LogP contribution in [0.3, 0.4) is 0 Å². The van der Waals surface area contributed by atoms with Crippen LogP contribution in [0.15, 0.2) is 0 Å². The predicted molar refractivity (Wildman–Crippen MR) is 61.4 cm³/mol. The van der Waals surface area contributed by atoms with Crippen LogP contribution in [-0.2, 0) is 4.79 Å². The van der Waals surface area contributed by atoms with Gasteiger partial charge in [-0.25, -0.2) is 0 Å². The number of rotatable bonds is 7. The van der Waals surface area contributed by atoms with Crippen LogP contribution >= 0.6 is 0 Å². The molecule has 90 valence electrons. The van der Waals surface area contributed by atoms with Crippen LogP contribution in [0.4, 0.5) is 0 Å². The van der Waals surface area contributed by atoms with Crippen LogP contribution in [0.5, 0.6) is 0 Å². The first-order valence-corrected chi connectivity index (χ1v) is 5.68. The van der Waals surface area contributed by atoms with E-state index in [1.807, 2.05) is 20.8 Å². The van der Waals surface area contributed by atoms with E-state index in [0.29, 0.717) is 31.7 Å². The molecule has 0 aromatic rings. The molecule has 0 aliphatic carbocycles. The van der Waals surface area contributed by atoms with Crippen molar-refractivity contribution in [2.24, 2.45) is 11.7 Å². The highest BCUT2D eigenvalue weighted by Crippen LogP contribution is 2.02. The minimum absolute atomic E-state index is 0.119. The van der Waals surface area contributed by atoms with Gasteiger partial charge in [0, 0.05) is 6.54 Å². The average molecular weight is 216 g/mol. The van der Waals surface area contributed by atoms with Gasteiger partial charge in [0.05, 0.1) is 12.1 Å². The summed E-state index contributed by atoms with van der Waals surface area (Å²) in [6.07, 6.45) is 1.68. The molecule has 0 saturated heterocycles. The Morgan fingerprint density at radius 3 is 2.53 bits per heavy atom. The maximum Gasteiger partial charge on any atom is 0.236 e. The summed E-state index contributed by atoms with van der Waals surface area (Å²) in [6.45, 7) is 6.48. The van der Waals surface area contributed by atoms with E-state index in [-0.39, 0.29) is 12.0 Å². The molecule has 4 N–H and O–H groups in total. The predicted octanol–water partition coefficient (Wildman–Crippen LogP) is 0.637. The third kappa shape index (κ3) is 7.33. The van der Waals surface area contributed by atoms with E-state index in [2.05, 4.69) is 5.32 Å². The Balaban J connectivity index is 3.64. The van der Waals surface area contributed by atoms with Gasteiger partial charge in [-0.1, -0.05) is 20.8 Å². The minimum Gasteiger partial charge on any atom is -0.393 e. The number of aliphatic hydroxyl groups excluding tert-OH is 1. The molecule has 4 heteroatoms. The Kier molecular flexibility index (Phi) is 7.34. The summed E-state index contributed by atoms with van der Waals surface area (Å²) in [7, 11) is 0. The topological polar surface area (TPSA) is 75.3 Å². The maximum atomic E-state index is 11.4. The van der Waals surface area contributed by atoms with Gasteiger partial charge in [0.2, 0.25) is 5.91 Å². The Morgan fingerprint density at radius 2 is 2.07 bits per heavy atom. The van der Waals surface area contributed by atoms with Crippen molar-refractivity contribution in [2.75, 3.05) is 6.54 Å². The second-order valence-electron chi connectivity index (χ2n) is 4.38. The lowest BCUT2D eigenvalue weighted by atomic mass is 10.0. The van der Waals surface area contributed by atoms with Gasteiger partial charge in [-0.15, -0.1) is 0 Å². The lowest BCUT2D eigenvalue weighted by molar-refractivity contribution is -0.122. The second kappa shape index (κ2) is 7.65. The van der Waals surface area contributed by atoms with Crippen molar-refractivity contribution in [1.29, 1.82) is 0 Å². The second-order valence-corrected chi connectivity index (χ2v) is 4.38. The zero-order chi connectivity index (χ0) is 11.8. The zero-order valence-corrected chi connectivity index (χ0v) is 9.99. The van der Waals surface area contributed by atoms with E-state index < -0.39 is 6.04 Å². The van der Waals surface area contributed by atoms with Gasteiger partial charge in [-0.2, -0.15) is 0 Å². The number of carbonyl (C=O) groups excluding carboxylic acids is 1. The smallest absolute Gasteiger partial charge is 0.236 e. The molecule has 0 heterocycles. The SMILES string of the molecule is CCC(O)CCNC(=O)[C@@H](N)CC(C)C. The Bertz CT molecular complexity index is 183.